The van der Waals surface area contributed by atoms with Gasteiger partial charge in [0.2, 0.25) is 0 Å². The second kappa shape index (κ2) is 7.49. The lowest BCUT2D eigenvalue weighted by Gasteiger charge is -2.31. The quantitative estimate of drug-likeness (QED) is 0.817. The molecule has 1 heterocycles. The molecule has 1 aromatic heterocycles. The number of hydrogen-bond donors (Lipinski definition) is 1. The highest BCUT2D eigenvalue weighted by molar-refractivity contribution is 5.48. The third-order valence-electron chi connectivity index (χ3n) is 3.14. The first kappa shape index (κ1) is 16.0. The van der Waals surface area contributed by atoms with Crippen molar-refractivity contribution in [2.75, 3.05) is 18.0 Å². The summed E-state index contributed by atoms with van der Waals surface area (Å²) in [5, 5.41) is 3.34. The van der Waals surface area contributed by atoms with Crippen molar-refractivity contribution in [3.8, 4) is 0 Å². The third-order valence-corrected chi connectivity index (χ3v) is 3.14. The summed E-state index contributed by atoms with van der Waals surface area (Å²) in [4.78, 5) is 7.09. The van der Waals surface area contributed by atoms with Crippen LogP contribution in [-0.2, 0) is 6.54 Å². The van der Waals surface area contributed by atoms with Crippen molar-refractivity contribution >= 4 is 5.82 Å². The highest BCUT2D eigenvalue weighted by Crippen LogP contribution is 2.21. The largest absolute Gasteiger partial charge is 0.354 e. The molecule has 1 N–H and O–H groups in total. The smallest absolute Gasteiger partial charge is 0.131 e. The summed E-state index contributed by atoms with van der Waals surface area (Å²) in [6.45, 7) is 16.2. The minimum absolute atomic E-state index is 0.480. The van der Waals surface area contributed by atoms with Crippen LogP contribution in [-0.4, -0.2) is 24.1 Å². The van der Waals surface area contributed by atoms with E-state index in [4.69, 9.17) is 4.98 Å². The van der Waals surface area contributed by atoms with Crippen molar-refractivity contribution in [3.05, 3.63) is 23.4 Å². The second-order valence-electron chi connectivity index (χ2n) is 5.90. The van der Waals surface area contributed by atoms with E-state index in [9.17, 15) is 0 Å². The maximum absolute atomic E-state index is 4.69. The van der Waals surface area contributed by atoms with Gasteiger partial charge in [0, 0.05) is 25.3 Å². The minimum atomic E-state index is 0.480. The third kappa shape index (κ3) is 4.83. The molecular weight excluding hydrogens is 234 g/mol. The van der Waals surface area contributed by atoms with E-state index in [1.165, 1.54) is 11.1 Å². The lowest BCUT2D eigenvalue weighted by molar-refractivity contribution is 0.564. The molecule has 0 aliphatic heterocycles. The molecule has 0 aliphatic carbocycles. The van der Waals surface area contributed by atoms with Crippen LogP contribution in [0.15, 0.2) is 12.3 Å². The Morgan fingerprint density at radius 3 is 2.42 bits per heavy atom. The number of nitrogens with one attached hydrogen (secondary N) is 1. The SMILES string of the molecule is CCNCc1cnc(N(CC(C)C)C(C)C)c(C)c1. The lowest BCUT2D eigenvalue weighted by Crippen LogP contribution is -2.35. The average molecular weight is 263 g/mol. The summed E-state index contributed by atoms with van der Waals surface area (Å²) in [6, 6.07) is 2.73. The van der Waals surface area contributed by atoms with Gasteiger partial charge < -0.3 is 10.2 Å². The summed E-state index contributed by atoms with van der Waals surface area (Å²) < 4.78 is 0. The molecule has 0 spiro atoms. The molecule has 108 valence electrons. The van der Waals surface area contributed by atoms with Crippen molar-refractivity contribution in [2.24, 2.45) is 5.92 Å². The molecule has 0 radical (unpaired) electrons. The van der Waals surface area contributed by atoms with E-state index in [0.29, 0.717) is 12.0 Å². The van der Waals surface area contributed by atoms with Gasteiger partial charge in [-0.3, -0.25) is 0 Å². The summed E-state index contributed by atoms with van der Waals surface area (Å²) in [5.74, 6) is 1.77. The van der Waals surface area contributed by atoms with Gasteiger partial charge in [-0.05, 0) is 50.4 Å². The van der Waals surface area contributed by atoms with E-state index in [0.717, 1.165) is 25.5 Å². The fourth-order valence-electron chi connectivity index (χ4n) is 2.23. The number of rotatable bonds is 7. The molecule has 0 fully saturated rings. The van der Waals surface area contributed by atoms with Crippen LogP contribution in [0.4, 0.5) is 5.82 Å². The number of aromatic nitrogens is 1. The van der Waals surface area contributed by atoms with Crippen LogP contribution < -0.4 is 10.2 Å². The van der Waals surface area contributed by atoms with E-state index in [-0.39, 0.29) is 0 Å². The first-order chi connectivity index (χ1) is 8.95. The molecule has 0 aliphatic rings. The van der Waals surface area contributed by atoms with Crippen molar-refractivity contribution in [2.45, 2.75) is 54.1 Å². The van der Waals surface area contributed by atoms with Gasteiger partial charge in [0.25, 0.3) is 0 Å². The number of nitrogens with zero attached hydrogens (tertiary/aromatic N) is 2. The van der Waals surface area contributed by atoms with Crippen LogP contribution in [0.3, 0.4) is 0 Å². The van der Waals surface area contributed by atoms with Crippen molar-refractivity contribution < 1.29 is 0 Å². The molecule has 1 rings (SSSR count). The van der Waals surface area contributed by atoms with E-state index < -0.39 is 0 Å². The highest BCUT2D eigenvalue weighted by atomic mass is 15.2. The maximum Gasteiger partial charge on any atom is 0.131 e. The molecule has 0 unspecified atom stereocenters. The van der Waals surface area contributed by atoms with Gasteiger partial charge >= 0.3 is 0 Å². The molecule has 3 heteroatoms. The average Bonchev–Trinajstić information content (AvgIpc) is 2.33. The fourth-order valence-corrected chi connectivity index (χ4v) is 2.23. The first-order valence-electron chi connectivity index (χ1n) is 7.38. The molecule has 0 amide bonds. The Morgan fingerprint density at radius 1 is 1.26 bits per heavy atom. The van der Waals surface area contributed by atoms with E-state index >= 15 is 0 Å². The molecule has 3 nitrogen and oxygen atoms in total. The number of aryl methyl sites for hydroxylation is 1. The zero-order chi connectivity index (χ0) is 14.4. The Bertz CT molecular complexity index is 386. The summed E-state index contributed by atoms with van der Waals surface area (Å²) in [5.41, 5.74) is 2.53. The van der Waals surface area contributed by atoms with Gasteiger partial charge in [-0.25, -0.2) is 4.98 Å². The fraction of sp³-hybridized carbons (Fsp3) is 0.688. The van der Waals surface area contributed by atoms with Crippen LogP contribution in [0.5, 0.6) is 0 Å². The Labute approximate surface area is 118 Å². The molecule has 0 saturated carbocycles. The van der Waals surface area contributed by atoms with E-state index in [2.05, 4.69) is 57.8 Å². The predicted octanol–water partition coefficient (Wildman–Crippen LogP) is 3.37. The first-order valence-corrected chi connectivity index (χ1v) is 7.38. The van der Waals surface area contributed by atoms with E-state index in [1.54, 1.807) is 0 Å². The topological polar surface area (TPSA) is 28.2 Å². The summed E-state index contributed by atoms with van der Waals surface area (Å²) in [6.07, 6.45) is 2.00. The second-order valence-corrected chi connectivity index (χ2v) is 5.90. The number of anilines is 1. The van der Waals surface area contributed by atoms with Gasteiger partial charge in [-0.15, -0.1) is 0 Å². The number of pyridine rings is 1. The number of hydrogen-bond acceptors (Lipinski definition) is 3. The highest BCUT2D eigenvalue weighted by Gasteiger charge is 2.15. The van der Waals surface area contributed by atoms with Gasteiger partial charge in [-0.1, -0.05) is 20.8 Å². The van der Waals surface area contributed by atoms with Gasteiger partial charge in [-0.2, -0.15) is 0 Å². The van der Waals surface area contributed by atoms with Crippen molar-refractivity contribution in [1.82, 2.24) is 10.3 Å². The van der Waals surface area contributed by atoms with Crippen LogP contribution in [0.2, 0.25) is 0 Å². The van der Waals surface area contributed by atoms with Crippen LogP contribution in [0.25, 0.3) is 0 Å². The molecular formula is C16H29N3. The Kier molecular flexibility index (Phi) is 6.29. The zero-order valence-corrected chi connectivity index (χ0v) is 13.3. The summed E-state index contributed by atoms with van der Waals surface area (Å²) in [7, 11) is 0. The normalized spacial score (nSPS) is 11.4. The van der Waals surface area contributed by atoms with Gasteiger partial charge in [0.05, 0.1) is 0 Å². The van der Waals surface area contributed by atoms with Crippen LogP contribution in [0, 0.1) is 12.8 Å². The Balaban J connectivity index is 2.91. The molecule has 1 aromatic rings. The molecule has 0 bridgehead atoms. The lowest BCUT2D eigenvalue weighted by atomic mass is 10.1. The Morgan fingerprint density at radius 2 is 1.95 bits per heavy atom. The summed E-state index contributed by atoms with van der Waals surface area (Å²) >= 11 is 0. The van der Waals surface area contributed by atoms with Crippen molar-refractivity contribution in [1.29, 1.82) is 0 Å². The molecule has 0 saturated heterocycles. The monoisotopic (exact) mass is 263 g/mol. The maximum atomic E-state index is 4.69. The van der Waals surface area contributed by atoms with E-state index in [1.807, 2.05) is 6.20 Å². The minimum Gasteiger partial charge on any atom is -0.354 e. The standard InChI is InChI=1S/C16H29N3/c1-7-17-9-15-8-14(6)16(18-10-15)19(13(4)5)11-12(2)3/h8,10,12-13,17H,7,9,11H2,1-6H3. The molecule has 0 aromatic carbocycles. The van der Waals surface area contributed by atoms with Crippen LogP contribution >= 0.6 is 0 Å². The van der Waals surface area contributed by atoms with Crippen molar-refractivity contribution in [3.63, 3.8) is 0 Å². The predicted molar refractivity (Wildman–Crippen MR) is 83.7 cm³/mol. The molecule has 0 atom stereocenters. The van der Waals surface area contributed by atoms with Gasteiger partial charge in [0.1, 0.15) is 5.82 Å². The molecule has 19 heavy (non-hydrogen) atoms. The zero-order valence-electron chi connectivity index (χ0n) is 13.3. The Hall–Kier alpha value is -1.09. The van der Waals surface area contributed by atoms with Gasteiger partial charge in [0.15, 0.2) is 0 Å². The van der Waals surface area contributed by atoms with Crippen LogP contribution in [0.1, 0.15) is 45.7 Å².